The van der Waals surface area contributed by atoms with Crippen molar-refractivity contribution in [3.8, 4) is 0 Å². The number of amides is 1. The molecule has 2 aliphatic heterocycles. The molecule has 2 aliphatic rings. The quantitative estimate of drug-likeness (QED) is 0.667. The van der Waals surface area contributed by atoms with E-state index in [-0.39, 0.29) is 16.8 Å². The first-order valence-corrected chi connectivity index (χ1v) is 10.7. The van der Waals surface area contributed by atoms with Crippen molar-refractivity contribution in [1.82, 2.24) is 9.55 Å². The molecule has 0 aliphatic carbocycles. The number of hydrogen-bond donors (Lipinski definition) is 0. The van der Waals surface area contributed by atoms with Gasteiger partial charge in [0.1, 0.15) is 0 Å². The number of carbonyl (C=O) groups excluding carboxylic acids is 1. The summed E-state index contributed by atoms with van der Waals surface area (Å²) in [6.07, 6.45) is 0.650. The first-order valence-electron chi connectivity index (χ1n) is 9.28. The minimum atomic E-state index is -3.73. The van der Waals surface area contributed by atoms with Crippen LogP contribution in [0.2, 0.25) is 0 Å². The molecule has 8 heteroatoms. The molecule has 5 rings (SSSR count). The van der Waals surface area contributed by atoms with Gasteiger partial charge in [-0.1, -0.05) is 12.1 Å². The van der Waals surface area contributed by atoms with Crippen LogP contribution < -0.4 is 9.21 Å². The van der Waals surface area contributed by atoms with Gasteiger partial charge in [0, 0.05) is 25.2 Å². The molecule has 0 saturated heterocycles. The zero-order valence-corrected chi connectivity index (χ0v) is 16.5. The van der Waals surface area contributed by atoms with Crippen molar-refractivity contribution in [3.63, 3.8) is 0 Å². The number of fused-ring (bicyclic) bond motifs is 4. The zero-order chi connectivity index (χ0) is 19.6. The largest absolute Gasteiger partial charge is 0.309 e. The number of rotatable bonds is 2. The van der Waals surface area contributed by atoms with Gasteiger partial charge in [-0.2, -0.15) is 0 Å². The number of anilines is 2. The second-order valence-electron chi connectivity index (χ2n) is 7.36. The van der Waals surface area contributed by atoms with E-state index in [1.54, 1.807) is 23.1 Å². The Balaban J connectivity index is 1.57. The van der Waals surface area contributed by atoms with Crippen LogP contribution in [0, 0.1) is 0 Å². The molecule has 0 N–H and O–H groups in total. The Morgan fingerprint density at radius 2 is 1.93 bits per heavy atom. The van der Waals surface area contributed by atoms with Crippen molar-refractivity contribution in [2.24, 2.45) is 0 Å². The van der Waals surface area contributed by atoms with E-state index in [2.05, 4.69) is 4.98 Å². The average Bonchev–Trinajstić information content (AvgIpc) is 3.30. The SMILES string of the molecule is CC(=O)N1c2ccc(S(=O)(=O)N3CCn4c3nc3ccccc34)cc2CC1C. The predicted molar refractivity (Wildman–Crippen MR) is 107 cm³/mol. The van der Waals surface area contributed by atoms with Crippen LogP contribution in [0.4, 0.5) is 11.6 Å². The van der Waals surface area contributed by atoms with Gasteiger partial charge in [-0.05, 0) is 49.2 Å². The highest BCUT2D eigenvalue weighted by Gasteiger charge is 2.36. The summed E-state index contributed by atoms with van der Waals surface area (Å²) in [6.45, 7) is 4.45. The molecular weight excluding hydrogens is 376 g/mol. The highest BCUT2D eigenvalue weighted by Crippen LogP contribution is 2.36. The lowest BCUT2D eigenvalue weighted by Gasteiger charge is -2.21. The van der Waals surface area contributed by atoms with Gasteiger partial charge in [-0.15, -0.1) is 0 Å². The number of aromatic nitrogens is 2. The molecule has 0 saturated carbocycles. The van der Waals surface area contributed by atoms with Crippen molar-refractivity contribution < 1.29 is 13.2 Å². The highest BCUT2D eigenvalue weighted by atomic mass is 32.2. The number of para-hydroxylation sites is 2. The fraction of sp³-hybridized carbons (Fsp3) is 0.300. The summed E-state index contributed by atoms with van der Waals surface area (Å²) in [7, 11) is -3.73. The monoisotopic (exact) mass is 396 g/mol. The molecule has 3 aromatic rings. The fourth-order valence-electron chi connectivity index (χ4n) is 4.37. The summed E-state index contributed by atoms with van der Waals surface area (Å²) in [4.78, 5) is 18.4. The Morgan fingerprint density at radius 3 is 2.71 bits per heavy atom. The smallest absolute Gasteiger partial charge is 0.266 e. The van der Waals surface area contributed by atoms with Crippen LogP contribution in [-0.2, 0) is 27.8 Å². The van der Waals surface area contributed by atoms with Gasteiger partial charge in [0.2, 0.25) is 11.9 Å². The van der Waals surface area contributed by atoms with E-state index < -0.39 is 10.0 Å². The number of carbonyl (C=O) groups is 1. The lowest BCUT2D eigenvalue weighted by Crippen LogP contribution is -2.33. The molecule has 1 unspecified atom stereocenters. The summed E-state index contributed by atoms with van der Waals surface area (Å²) < 4.78 is 30.1. The van der Waals surface area contributed by atoms with Crippen molar-refractivity contribution in [2.75, 3.05) is 15.7 Å². The maximum Gasteiger partial charge on any atom is 0.266 e. The molecular formula is C20H20N4O3S. The molecule has 144 valence electrons. The van der Waals surface area contributed by atoms with E-state index in [1.807, 2.05) is 35.8 Å². The zero-order valence-electron chi connectivity index (χ0n) is 15.7. The number of imidazole rings is 1. The third-order valence-corrected chi connectivity index (χ3v) is 7.35. The fourth-order valence-corrected chi connectivity index (χ4v) is 5.83. The van der Waals surface area contributed by atoms with Crippen molar-refractivity contribution in [2.45, 2.75) is 37.8 Å². The Labute approximate surface area is 163 Å². The van der Waals surface area contributed by atoms with E-state index in [4.69, 9.17) is 0 Å². The second kappa shape index (κ2) is 5.81. The van der Waals surface area contributed by atoms with Crippen LogP contribution >= 0.6 is 0 Å². The summed E-state index contributed by atoms with van der Waals surface area (Å²) in [5, 5.41) is 0. The molecule has 2 aromatic carbocycles. The van der Waals surface area contributed by atoms with Crippen LogP contribution in [-0.4, -0.2) is 36.5 Å². The van der Waals surface area contributed by atoms with Gasteiger partial charge >= 0.3 is 0 Å². The first kappa shape index (κ1) is 17.2. The third kappa shape index (κ3) is 2.30. The van der Waals surface area contributed by atoms with Crippen molar-refractivity contribution >= 4 is 38.6 Å². The van der Waals surface area contributed by atoms with Gasteiger partial charge in [0.05, 0.1) is 22.5 Å². The van der Waals surface area contributed by atoms with Gasteiger partial charge in [-0.3, -0.25) is 4.79 Å². The summed E-state index contributed by atoms with van der Waals surface area (Å²) in [5.74, 6) is 0.426. The molecule has 1 amide bonds. The van der Waals surface area contributed by atoms with Crippen molar-refractivity contribution in [3.05, 3.63) is 48.0 Å². The summed E-state index contributed by atoms with van der Waals surface area (Å²) in [5.41, 5.74) is 3.41. The van der Waals surface area contributed by atoms with Crippen LogP contribution in [0.3, 0.4) is 0 Å². The lowest BCUT2D eigenvalue weighted by atomic mass is 10.1. The maximum absolute atomic E-state index is 13.4. The number of hydrogen-bond acceptors (Lipinski definition) is 4. The minimum absolute atomic E-state index is 0.0291. The normalized spacial score (nSPS) is 18.6. The van der Waals surface area contributed by atoms with Gasteiger partial charge < -0.3 is 9.47 Å². The Bertz CT molecular complexity index is 1230. The summed E-state index contributed by atoms with van der Waals surface area (Å²) in [6, 6.07) is 12.7. The molecule has 1 aromatic heterocycles. The number of benzene rings is 2. The van der Waals surface area contributed by atoms with Gasteiger partial charge in [0.25, 0.3) is 10.0 Å². The molecule has 0 fully saturated rings. The molecule has 3 heterocycles. The second-order valence-corrected chi connectivity index (χ2v) is 9.22. The van der Waals surface area contributed by atoms with Crippen LogP contribution in [0.25, 0.3) is 11.0 Å². The number of nitrogens with zero attached hydrogens (tertiary/aromatic N) is 4. The third-order valence-electron chi connectivity index (χ3n) is 5.58. The predicted octanol–water partition coefficient (Wildman–Crippen LogP) is 2.54. The highest BCUT2D eigenvalue weighted by molar-refractivity contribution is 7.92. The van der Waals surface area contributed by atoms with E-state index in [1.165, 1.54) is 11.2 Å². The van der Waals surface area contributed by atoms with Crippen molar-refractivity contribution in [1.29, 1.82) is 0 Å². The first-order chi connectivity index (χ1) is 13.4. The Morgan fingerprint density at radius 1 is 1.14 bits per heavy atom. The van der Waals surface area contributed by atoms with E-state index >= 15 is 0 Å². The molecule has 1 atom stereocenters. The molecule has 28 heavy (non-hydrogen) atoms. The van der Waals surface area contributed by atoms with E-state index in [0.29, 0.717) is 25.5 Å². The van der Waals surface area contributed by atoms with E-state index in [9.17, 15) is 13.2 Å². The number of sulfonamides is 1. The van der Waals surface area contributed by atoms with Crippen LogP contribution in [0.5, 0.6) is 0 Å². The van der Waals surface area contributed by atoms with Gasteiger partial charge in [0.15, 0.2) is 0 Å². The Hall–Kier alpha value is -2.87. The Kier molecular flexibility index (Phi) is 3.58. The topological polar surface area (TPSA) is 75.5 Å². The summed E-state index contributed by atoms with van der Waals surface area (Å²) >= 11 is 0. The van der Waals surface area contributed by atoms with Crippen LogP contribution in [0.15, 0.2) is 47.4 Å². The van der Waals surface area contributed by atoms with Crippen LogP contribution in [0.1, 0.15) is 19.4 Å². The standard InChI is InChI=1S/C20H20N4O3S/c1-13-11-15-12-16(7-8-18(15)24(13)14(2)25)28(26,27)23-10-9-22-19-6-4-3-5-17(19)21-20(22)23/h3-8,12-13H,9-11H2,1-2H3. The maximum atomic E-state index is 13.4. The lowest BCUT2D eigenvalue weighted by molar-refractivity contribution is -0.116. The van der Waals surface area contributed by atoms with Gasteiger partial charge in [-0.25, -0.2) is 17.7 Å². The average molecular weight is 396 g/mol. The minimum Gasteiger partial charge on any atom is -0.309 e. The molecule has 7 nitrogen and oxygen atoms in total. The van der Waals surface area contributed by atoms with E-state index in [0.717, 1.165) is 22.3 Å². The molecule has 0 radical (unpaired) electrons. The molecule has 0 spiro atoms. The molecule has 0 bridgehead atoms.